The Morgan fingerprint density at radius 1 is 1.00 bits per heavy atom. The van der Waals surface area contributed by atoms with E-state index in [1.54, 1.807) is 14.2 Å². The molecular formula is C17H20BrNO2. The van der Waals surface area contributed by atoms with Crippen LogP contribution < -0.4 is 14.8 Å². The Morgan fingerprint density at radius 2 is 1.71 bits per heavy atom. The van der Waals surface area contributed by atoms with Crippen LogP contribution in [0, 0.1) is 6.92 Å². The van der Waals surface area contributed by atoms with Crippen molar-refractivity contribution in [3.63, 3.8) is 0 Å². The predicted octanol–water partition coefficient (Wildman–Crippen LogP) is 4.95. The molecule has 1 atom stereocenters. The van der Waals surface area contributed by atoms with E-state index >= 15 is 0 Å². The second-order valence-electron chi connectivity index (χ2n) is 4.94. The third-order valence-electron chi connectivity index (χ3n) is 3.45. The Kier molecular flexibility index (Phi) is 5.12. The lowest BCUT2D eigenvalue weighted by Gasteiger charge is -2.18. The van der Waals surface area contributed by atoms with Gasteiger partial charge in [0.25, 0.3) is 0 Å². The van der Waals surface area contributed by atoms with Crippen molar-refractivity contribution in [2.45, 2.75) is 19.9 Å². The quantitative estimate of drug-likeness (QED) is 0.828. The van der Waals surface area contributed by atoms with Crippen molar-refractivity contribution in [1.82, 2.24) is 0 Å². The lowest BCUT2D eigenvalue weighted by Crippen LogP contribution is -2.07. The van der Waals surface area contributed by atoms with Gasteiger partial charge in [-0.2, -0.15) is 0 Å². The fourth-order valence-corrected chi connectivity index (χ4v) is 2.44. The molecule has 0 aliphatic rings. The maximum Gasteiger partial charge on any atom is 0.161 e. The van der Waals surface area contributed by atoms with Crippen molar-refractivity contribution in [3.05, 3.63) is 52.0 Å². The number of nitrogens with one attached hydrogen (secondary N) is 1. The molecule has 3 nitrogen and oxygen atoms in total. The van der Waals surface area contributed by atoms with Gasteiger partial charge in [0, 0.05) is 16.2 Å². The fourth-order valence-electron chi connectivity index (χ4n) is 2.19. The molecule has 0 heterocycles. The molecule has 1 unspecified atom stereocenters. The normalized spacial score (nSPS) is 11.9. The number of ether oxygens (including phenoxy) is 2. The summed E-state index contributed by atoms with van der Waals surface area (Å²) in [7, 11) is 3.29. The zero-order valence-electron chi connectivity index (χ0n) is 12.7. The van der Waals surface area contributed by atoms with Crippen LogP contribution in [-0.4, -0.2) is 14.2 Å². The number of benzene rings is 2. The molecule has 0 amide bonds. The van der Waals surface area contributed by atoms with Gasteiger partial charge in [-0.15, -0.1) is 0 Å². The minimum absolute atomic E-state index is 0.172. The van der Waals surface area contributed by atoms with Crippen LogP contribution in [0.15, 0.2) is 40.9 Å². The SMILES string of the molecule is COc1ccc(C(C)Nc2ccc(Br)c(C)c2)cc1OC. The summed E-state index contributed by atoms with van der Waals surface area (Å²) in [5.41, 5.74) is 3.45. The Bertz CT molecular complexity index is 628. The molecule has 0 spiro atoms. The van der Waals surface area contributed by atoms with Gasteiger partial charge in [-0.1, -0.05) is 22.0 Å². The van der Waals surface area contributed by atoms with Gasteiger partial charge >= 0.3 is 0 Å². The van der Waals surface area contributed by atoms with Gasteiger partial charge in [0.15, 0.2) is 11.5 Å². The first-order valence-corrected chi connectivity index (χ1v) is 7.59. The second-order valence-corrected chi connectivity index (χ2v) is 5.80. The van der Waals surface area contributed by atoms with Crippen LogP contribution in [0.5, 0.6) is 11.5 Å². The van der Waals surface area contributed by atoms with Crippen molar-refractivity contribution >= 4 is 21.6 Å². The van der Waals surface area contributed by atoms with E-state index in [1.807, 2.05) is 18.2 Å². The van der Waals surface area contributed by atoms with Crippen molar-refractivity contribution in [1.29, 1.82) is 0 Å². The number of halogens is 1. The van der Waals surface area contributed by atoms with Crippen molar-refractivity contribution in [2.24, 2.45) is 0 Å². The van der Waals surface area contributed by atoms with Crippen LogP contribution in [0.3, 0.4) is 0 Å². The van der Waals surface area contributed by atoms with Crippen LogP contribution in [0.2, 0.25) is 0 Å². The summed E-state index contributed by atoms with van der Waals surface area (Å²) in [4.78, 5) is 0. The molecule has 21 heavy (non-hydrogen) atoms. The topological polar surface area (TPSA) is 30.5 Å². The number of anilines is 1. The highest BCUT2D eigenvalue weighted by Gasteiger charge is 2.10. The Hall–Kier alpha value is -1.68. The maximum atomic E-state index is 5.35. The molecule has 0 bridgehead atoms. The lowest BCUT2D eigenvalue weighted by atomic mass is 10.1. The summed E-state index contributed by atoms with van der Waals surface area (Å²) in [6, 6.07) is 12.4. The molecule has 2 aromatic rings. The highest BCUT2D eigenvalue weighted by molar-refractivity contribution is 9.10. The molecule has 0 aromatic heterocycles. The molecule has 2 aromatic carbocycles. The van der Waals surface area contributed by atoms with E-state index in [1.165, 1.54) is 5.56 Å². The van der Waals surface area contributed by atoms with Gasteiger partial charge in [-0.25, -0.2) is 0 Å². The first kappa shape index (κ1) is 15.7. The zero-order chi connectivity index (χ0) is 15.4. The van der Waals surface area contributed by atoms with Crippen LogP contribution in [-0.2, 0) is 0 Å². The third kappa shape index (κ3) is 3.70. The minimum Gasteiger partial charge on any atom is -0.493 e. The zero-order valence-corrected chi connectivity index (χ0v) is 14.3. The molecule has 0 saturated heterocycles. The second kappa shape index (κ2) is 6.85. The van der Waals surface area contributed by atoms with Crippen LogP contribution >= 0.6 is 15.9 Å². The van der Waals surface area contributed by atoms with Crippen LogP contribution in [0.4, 0.5) is 5.69 Å². The first-order valence-electron chi connectivity index (χ1n) is 6.79. The minimum atomic E-state index is 0.172. The van der Waals surface area contributed by atoms with Gasteiger partial charge in [0.05, 0.1) is 14.2 Å². The lowest BCUT2D eigenvalue weighted by molar-refractivity contribution is 0.354. The third-order valence-corrected chi connectivity index (χ3v) is 4.34. The van der Waals surface area contributed by atoms with E-state index in [0.717, 1.165) is 27.2 Å². The molecule has 112 valence electrons. The number of aryl methyl sites for hydroxylation is 1. The standard InChI is InChI=1S/C17H20BrNO2/c1-11-9-14(6-7-15(11)18)19-12(2)13-5-8-16(20-3)17(10-13)21-4/h5-10,12,19H,1-4H3. The number of hydrogen-bond donors (Lipinski definition) is 1. The molecule has 0 radical (unpaired) electrons. The Morgan fingerprint density at radius 3 is 2.33 bits per heavy atom. The maximum absolute atomic E-state index is 5.35. The van der Waals surface area contributed by atoms with Gasteiger partial charge in [0.1, 0.15) is 0 Å². The molecular weight excluding hydrogens is 330 g/mol. The average molecular weight is 350 g/mol. The van der Waals surface area contributed by atoms with E-state index in [-0.39, 0.29) is 6.04 Å². The summed E-state index contributed by atoms with van der Waals surface area (Å²) in [6.07, 6.45) is 0. The van der Waals surface area contributed by atoms with Crippen molar-refractivity contribution in [2.75, 3.05) is 19.5 Å². The highest BCUT2D eigenvalue weighted by Crippen LogP contribution is 2.31. The number of methoxy groups -OCH3 is 2. The predicted molar refractivity (Wildman–Crippen MR) is 90.5 cm³/mol. The van der Waals surface area contributed by atoms with Crippen molar-refractivity contribution < 1.29 is 9.47 Å². The van der Waals surface area contributed by atoms with Gasteiger partial charge in [0.2, 0.25) is 0 Å². The van der Waals surface area contributed by atoms with Crippen LogP contribution in [0.25, 0.3) is 0 Å². The van der Waals surface area contributed by atoms with E-state index in [2.05, 4.69) is 53.3 Å². The van der Waals surface area contributed by atoms with Crippen LogP contribution in [0.1, 0.15) is 24.1 Å². The molecule has 0 aliphatic carbocycles. The van der Waals surface area contributed by atoms with Gasteiger partial charge < -0.3 is 14.8 Å². The Balaban J connectivity index is 2.19. The highest BCUT2D eigenvalue weighted by atomic mass is 79.9. The summed E-state index contributed by atoms with van der Waals surface area (Å²) in [5.74, 6) is 1.49. The monoisotopic (exact) mass is 349 g/mol. The van der Waals surface area contributed by atoms with E-state index in [4.69, 9.17) is 9.47 Å². The van der Waals surface area contributed by atoms with Gasteiger partial charge in [-0.05, 0) is 55.3 Å². The summed E-state index contributed by atoms with van der Waals surface area (Å²) in [6.45, 7) is 4.20. The average Bonchev–Trinajstić information content (AvgIpc) is 2.50. The van der Waals surface area contributed by atoms with E-state index < -0.39 is 0 Å². The summed E-state index contributed by atoms with van der Waals surface area (Å²) < 4.78 is 11.7. The first-order chi connectivity index (χ1) is 10.0. The van der Waals surface area contributed by atoms with E-state index in [9.17, 15) is 0 Å². The number of hydrogen-bond acceptors (Lipinski definition) is 3. The fraction of sp³-hybridized carbons (Fsp3) is 0.294. The summed E-state index contributed by atoms with van der Waals surface area (Å²) >= 11 is 3.52. The van der Waals surface area contributed by atoms with Gasteiger partial charge in [-0.3, -0.25) is 0 Å². The largest absolute Gasteiger partial charge is 0.493 e. The van der Waals surface area contributed by atoms with E-state index in [0.29, 0.717) is 0 Å². The molecule has 4 heteroatoms. The molecule has 0 saturated carbocycles. The smallest absolute Gasteiger partial charge is 0.161 e. The van der Waals surface area contributed by atoms with Crippen molar-refractivity contribution in [3.8, 4) is 11.5 Å². The molecule has 2 rings (SSSR count). The summed E-state index contributed by atoms with van der Waals surface area (Å²) in [5, 5.41) is 3.50. The Labute approximate surface area is 134 Å². The number of rotatable bonds is 5. The molecule has 0 fully saturated rings. The molecule has 0 aliphatic heterocycles. The molecule has 1 N–H and O–H groups in total.